The SMILES string of the molecule is C=C[Si]1(C=C)O[Si](C)(C)O[Si](C)(C)O1. The highest BCUT2D eigenvalue weighted by Gasteiger charge is 2.52. The van der Waals surface area contributed by atoms with Gasteiger partial charge in [-0.2, -0.15) is 0 Å². The Morgan fingerprint density at radius 2 is 1.14 bits per heavy atom. The van der Waals surface area contributed by atoms with Crippen molar-refractivity contribution >= 4 is 25.7 Å². The summed E-state index contributed by atoms with van der Waals surface area (Å²) in [6, 6.07) is 0. The Morgan fingerprint density at radius 1 is 0.786 bits per heavy atom. The van der Waals surface area contributed by atoms with Crippen molar-refractivity contribution in [3.63, 3.8) is 0 Å². The maximum atomic E-state index is 5.93. The van der Waals surface area contributed by atoms with Crippen molar-refractivity contribution in [3.05, 3.63) is 24.6 Å². The molecule has 0 atom stereocenters. The maximum absolute atomic E-state index is 5.93. The van der Waals surface area contributed by atoms with Gasteiger partial charge in [0.05, 0.1) is 0 Å². The zero-order valence-corrected chi connectivity index (χ0v) is 12.3. The lowest BCUT2D eigenvalue weighted by atomic mass is 11.2. The molecule has 1 fully saturated rings. The van der Waals surface area contributed by atoms with Gasteiger partial charge in [-0.1, -0.05) is 0 Å². The van der Waals surface area contributed by atoms with E-state index >= 15 is 0 Å². The first-order valence-electron chi connectivity index (χ1n) is 4.62. The van der Waals surface area contributed by atoms with E-state index in [9.17, 15) is 0 Å². The first-order chi connectivity index (χ1) is 6.24. The number of hydrogen-bond donors (Lipinski definition) is 0. The molecular weight excluding hydrogens is 228 g/mol. The molecule has 0 aromatic rings. The Morgan fingerprint density at radius 3 is 1.43 bits per heavy atom. The molecule has 0 bridgehead atoms. The molecule has 1 aliphatic rings. The Labute approximate surface area is 89.1 Å². The van der Waals surface area contributed by atoms with Crippen molar-refractivity contribution in [2.75, 3.05) is 0 Å². The van der Waals surface area contributed by atoms with E-state index < -0.39 is 25.7 Å². The summed E-state index contributed by atoms with van der Waals surface area (Å²) in [5, 5.41) is 0. The third kappa shape index (κ3) is 2.53. The fraction of sp³-hybridized carbons (Fsp3) is 0.500. The fourth-order valence-corrected chi connectivity index (χ4v) is 15.7. The van der Waals surface area contributed by atoms with E-state index in [4.69, 9.17) is 12.3 Å². The van der Waals surface area contributed by atoms with Crippen LogP contribution in [-0.2, 0) is 12.3 Å². The molecule has 0 unspecified atom stereocenters. The van der Waals surface area contributed by atoms with Crippen LogP contribution in [0.5, 0.6) is 0 Å². The van der Waals surface area contributed by atoms with Gasteiger partial charge in [-0.25, -0.2) is 0 Å². The van der Waals surface area contributed by atoms with E-state index in [0.29, 0.717) is 0 Å². The Bertz CT molecular complexity index is 237. The molecule has 6 heteroatoms. The van der Waals surface area contributed by atoms with Crippen molar-refractivity contribution in [1.82, 2.24) is 0 Å². The zero-order valence-electron chi connectivity index (χ0n) is 9.29. The summed E-state index contributed by atoms with van der Waals surface area (Å²) in [6.45, 7) is 15.7. The number of hydrogen-bond acceptors (Lipinski definition) is 3. The lowest BCUT2D eigenvalue weighted by Crippen LogP contribution is -2.65. The third-order valence-electron chi connectivity index (χ3n) is 1.87. The lowest BCUT2D eigenvalue weighted by molar-refractivity contribution is 0.246. The van der Waals surface area contributed by atoms with Crippen LogP contribution in [0.2, 0.25) is 26.2 Å². The molecular formula is C8H18O3Si3. The lowest BCUT2D eigenvalue weighted by Gasteiger charge is -2.46. The standard InChI is InChI=1S/C8H18O3Si3/c1-7-14(8-2)10-12(3,4)9-13(5,6)11-14/h7-8H,1-2H2,3-6H3. The van der Waals surface area contributed by atoms with Crippen LogP contribution in [0.15, 0.2) is 24.6 Å². The van der Waals surface area contributed by atoms with Gasteiger partial charge in [-0.15, -0.1) is 13.2 Å². The van der Waals surface area contributed by atoms with Crippen molar-refractivity contribution in [2.45, 2.75) is 26.2 Å². The van der Waals surface area contributed by atoms with E-state index in [1.807, 2.05) is 26.2 Å². The van der Waals surface area contributed by atoms with E-state index in [-0.39, 0.29) is 0 Å². The van der Waals surface area contributed by atoms with Gasteiger partial charge >= 0.3 is 25.7 Å². The van der Waals surface area contributed by atoms with Crippen LogP contribution in [-0.4, -0.2) is 25.7 Å². The summed E-state index contributed by atoms with van der Waals surface area (Å²) in [6.07, 6.45) is 0. The van der Waals surface area contributed by atoms with Gasteiger partial charge < -0.3 is 12.3 Å². The topological polar surface area (TPSA) is 27.7 Å². The molecule has 0 aromatic carbocycles. The van der Waals surface area contributed by atoms with Crippen molar-refractivity contribution < 1.29 is 12.3 Å². The third-order valence-corrected chi connectivity index (χ3v) is 13.4. The van der Waals surface area contributed by atoms with E-state index in [1.165, 1.54) is 0 Å². The molecule has 0 amide bonds. The molecule has 80 valence electrons. The van der Waals surface area contributed by atoms with Crippen LogP contribution in [0.4, 0.5) is 0 Å². The van der Waals surface area contributed by atoms with Crippen molar-refractivity contribution in [3.8, 4) is 0 Å². The Hall–Kier alpha value is 0.0106. The first-order valence-corrected chi connectivity index (χ1v) is 12.2. The molecule has 1 rings (SSSR count). The van der Waals surface area contributed by atoms with Gasteiger partial charge in [-0.3, -0.25) is 0 Å². The van der Waals surface area contributed by atoms with Crippen LogP contribution in [0.1, 0.15) is 0 Å². The van der Waals surface area contributed by atoms with Gasteiger partial charge in [0.25, 0.3) is 0 Å². The largest absolute Gasteiger partial charge is 0.416 e. The van der Waals surface area contributed by atoms with Crippen LogP contribution in [0.3, 0.4) is 0 Å². The van der Waals surface area contributed by atoms with Gasteiger partial charge in [0.2, 0.25) is 0 Å². The quantitative estimate of drug-likeness (QED) is 0.700. The highest BCUT2D eigenvalue weighted by molar-refractivity contribution is 6.96. The highest BCUT2D eigenvalue weighted by Crippen LogP contribution is 2.31. The zero-order chi connectivity index (χ0) is 11.0. The van der Waals surface area contributed by atoms with E-state index in [1.54, 1.807) is 11.4 Å². The van der Waals surface area contributed by atoms with Gasteiger partial charge in [0.15, 0.2) is 0 Å². The average molecular weight is 246 g/mol. The van der Waals surface area contributed by atoms with Gasteiger partial charge in [0.1, 0.15) is 0 Å². The van der Waals surface area contributed by atoms with Crippen LogP contribution < -0.4 is 0 Å². The molecule has 0 aliphatic carbocycles. The fourth-order valence-electron chi connectivity index (χ4n) is 1.67. The summed E-state index contributed by atoms with van der Waals surface area (Å²) in [5.41, 5.74) is 3.57. The summed E-state index contributed by atoms with van der Waals surface area (Å²) in [5.74, 6) is 0. The second kappa shape index (κ2) is 3.54. The molecule has 0 spiro atoms. The molecule has 3 nitrogen and oxygen atoms in total. The van der Waals surface area contributed by atoms with Gasteiger partial charge in [0, 0.05) is 0 Å². The summed E-state index contributed by atoms with van der Waals surface area (Å²) < 4.78 is 17.7. The Balaban J connectivity index is 3.01. The molecule has 1 saturated heterocycles. The molecule has 0 radical (unpaired) electrons. The van der Waals surface area contributed by atoms with Crippen molar-refractivity contribution in [2.24, 2.45) is 0 Å². The predicted molar refractivity (Wildman–Crippen MR) is 64.4 cm³/mol. The second-order valence-electron chi connectivity index (χ2n) is 4.24. The molecule has 0 aromatic heterocycles. The van der Waals surface area contributed by atoms with Crippen LogP contribution >= 0.6 is 0 Å². The first kappa shape index (κ1) is 12.1. The van der Waals surface area contributed by atoms with Crippen LogP contribution in [0, 0.1) is 0 Å². The average Bonchev–Trinajstić information content (AvgIpc) is 1.98. The smallest absolute Gasteiger partial charge is 0.373 e. The second-order valence-corrected chi connectivity index (χ2v) is 14.5. The monoisotopic (exact) mass is 246 g/mol. The molecule has 1 aliphatic heterocycles. The maximum Gasteiger partial charge on any atom is 0.373 e. The van der Waals surface area contributed by atoms with E-state index in [2.05, 4.69) is 13.2 Å². The van der Waals surface area contributed by atoms with Crippen molar-refractivity contribution in [1.29, 1.82) is 0 Å². The minimum Gasteiger partial charge on any atom is -0.416 e. The normalized spacial score (nSPS) is 28.0. The minimum absolute atomic E-state index is 1.78. The van der Waals surface area contributed by atoms with Gasteiger partial charge in [-0.05, 0) is 37.6 Å². The van der Waals surface area contributed by atoms with Crippen LogP contribution in [0.25, 0.3) is 0 Å². The summed E-state index contributed by atoms with van der Waals surface area (Å²) in [4.78, 5) is 0. The number of rotatable bonds is 2. The summed E-state index contributed by atoms with van der Waals surface area (Å²) in [7, 11) is -6.47. The summed E-state index contributed by atoms with van der Waals surface area (Å²) >= 11 is 0. The molecule has 0 saturated carbocycles. The molecule has 0 N–H and O–H groups in total. The molecule has 1 heterocycles. The Kier molecular flexibility index (Phi) is 3.06. The predicted octanol–water partition coefficient (Wildman–Crippen LogP) is 2.35. The highest BCUT2D eigenvalue weighted by atomic mass is 28.5. The minimum atomic E-state index is -2.38. The molecule has 14 heavy (non-hydrogen) atoms. The van der Waals surface area contributed by atoms with E-state index in [0.717, 1.165) is 0 Å².